The molecule has 0 radical (unpaired) electrons. The monoisotopic (exact) mass is 356 g/mol. The number of hydrogen-bond donors (Lipinski definition) is 1. The van der Waals surface area contributed by atoms with Gasteiger partial charge in [0.25, 0.3) is 0 Å². The molecule has 0 bridgehead atoms. The van der Waals surface area contributed by atoms with Crippen LogP contribution in [0.5, 0.6) is 5.75 Å². The number of aromatic hydroxyl groups is 1. The van der Waals surface area contributed by atoms with E-state index in [9.17, 15) is 5.11 Å². The summed E-state index contributed by atoms with van der Waals surface area (Å²) in [5.41, 5.74) is 7.51. The van der Waals surface area contributed by atoms with Gasteiger partial charge >= 0.3 is 0 Å². The van der Waals surface area contributed by atoms with Crippen molar-refractivity contribution in [2.45, 2.75) is 51.4 Å². The summed E-state index contributed by atoms with van der Waals surface area (Å²) in [6, 6.07) is 23.0. The molecule has 138 valence electrons. The van der Waals surface area contributed by atoms with Crippen LogP contribution in [0.15, 0.2) is 66.7 Å². The van der Waals surface area contributed by atoms with E-state index in [1.807, 2.05) is 30.3 Å². The Kier molecular flexibility index (Phi) is 4.14. The number of rotatable bonds is 2. The molecule has 1 heteroatoms. The highest BCUT2D eigenvalue weighted by Crippen LogP contribution is 2.47. The molecule has 0 spiro atoms. The van der Waals surface area contributed by atoms with E-state index in [-0.39, 0.29) is 10.8 Å². The summed E-state index contributed by atoms with van der Waals surface area (Å²) < 4.78 is 0. The minimum atomic E-state index is 0.160. The van der Waals surface area contributed by atoms with Gasteiger partial charge in [0.15, 0.2) is 0 Å². The van der Waals surface area contributed by atoms with Crippen molar-refractivity contribution >= 4 is 0 Å². The molecule has 1 N–H and O–H groups in total. The Morgan fingerprint density at radius 1 is 0.630 bits per heavy atom. The van der Waals surface area contributed by atoms with Crippen LogP contribution in [-0.4, -0.2) is 5.11 Å². The lowest BCUT2D eigenvalue weighted by atomic mass is 9.63. The van der Waals surface area contributed by atoms with Crippen LogP contribution in [0.25, 0.3) is 22.3 Å². The maximum atomic E-state index is 10.6. The standard InChI is InChI=1S/C26H28O/c1-25(2)14-15-26(3,4)23-17-20(10-12-22(23)25)21-16-19(11-13-24(21)27)18-8-6-5-7-9-18/h5-13,16-17,27H,14-15H2,1-4H3. The first-order valence-corrected chi connectivity index (χ1v) is 9.82. The largest absolute Gasteiger partial charge is 0.507 e. The zero-order chi connectivity index (χ0) is 19.2. The van der Waals surface area contributed by atoms with Gasteiger partial charge in [0.2, 0.25) is 0 Å². The maximum absolute atomic E-state index is 10.6. The Balaban J connectivity index is 1.86. The first kappa shape index (κ1) is 17.9. The summed E-state index contributed by atoms with van der Waals surface area (Å²) in [5, 5.41) is 10.6. The van der Waals surface area contributed by atoms with Crippen molar-refractivity contribution in [2.75, 3.05) is 0 Å². The lowest BCUT2D eigenvalue weighted by Gasteiger charge is -2.42. The number of fused-ring (bicyclic) bond motifs is 1. The summed E-state index contributed by atoms with van der Waals surface area (Å²) in [6.45, 7) is 9.36. The molecule has 1 aliphatic carbocycles. The third-order valence-electron chi connectivity index (χ3n) is 6.27. The SMILES string of the molecule is CC1(C)CCC(C)(C)c2cc(-c3cc(-c4ccccc4)ccc3O)ccc21. The van der Waals surface area contributed by atoms with Gasteiger partial charge in [0, 0.05) is 5.56 Å². The Bertz CT molecular complexity index is 980. The summed E-state index contributed by atoms with van der Waals surface area (Å²) in [7, 11) is 0. The topological polar surface area (TPSA) is 20.2 Å². The van der Waals surface area contributed by atoms with Crippen LogP contribution in [0, 0.1) is 0 Å². The maximum Gasteiger partial charge on any atom is 0.123 e. The molecule has 0 heterocycles. The molecule has 0 saturated carbocycles. The fourth-order valence-corrected chi connectivity index (χ4v) is 4.33. The van der Waals surface area contributed by atoms with Crippen molar-refractivity contribution in [1.82, 2.24) is 0 Å². The third-order valence-corrected chi connectivity index (χ3v) is 6.27. The van der Waals surface area contributed by atoms with E-state index in [4.69, 9.17) is 0 Å². The highest BCUT2D eigenvalue weighted by atomic mass is 16.3. The van der Waals surface area contributed by atoms with Crippen LogP contribution >= 0.6 is 0 Å². The van der Waals surface area contributed by atoms with Crippen LogP contribution in [0.4, 0.5) is 0 Å². The Morgan fingerprint density at radius 3 is 1.96 bits per heavy atom. The zero-order valence-corrected chi connectivity index (χ0v) is 16.7. The summed E-state index contributed by atoms with van der Waals surface area (Å²) in [4.78, 5) is 0. The summed E-state index contributed by atoms with van der Waals surface area (Å²) >= 11 is 0. The normalized spacial score (nSPS) is 17.3. The molecule has 27 heavy (non-hydrogen) atoms. The quantitative estimate of drug-likeness (QED) is 0.520. The molecule has 1 aliphatic rings. The summed E-state index contributed by atoms with van der Waals surface area (Å²) in [5.74, 6) is 0.336. The molecule has 0 atom stereocenters. The van der Waals surface area contributed by atoms with Gasteiger partial charge in [-0.15, -0.1) is 0 Å². The van der Waals surface area contributed by atoms with Crippen molar-refractivity contribution in [3.05, 3.63) is 77.9 Å². The number of benzene rings is 3. The summed E-state index contributed by atoms with van der Waals surface area (Å²) in [6.07, 6.45) is 2.40. The van der Waals surface area contributed by atoms with Gasteiger partial charge in [0.05, 0.1) is 0 Å². The second kappa shape index (κ2) is 6.27. The van der Waals surface area contributed by atoms with Gasteiger partial charge in [0.1, 0.15) is 5.75 Å². The lowest BCUT2D eigenvalue weighted by molar-refractivity contribution is 0.332. The Morgan fingerprint density at radius 2 is 1.26 bits per heavy atom. The third kappa shape index (κ3) is 3.16. The Hall–Kier alpha value is -2.54. The van der Waals surface area contributed by atoms with E-state index in [2.05, 4.69) is 64.1 Å². The smallest absolute Gasteiger partial charge is 0.123 e. The van der Waals surface area contributed by atoms with Gasteiger partial charge in [-0.3, -0.25) is 0 Å². The number of phenols is 1. The van der Waals surface area contributed by atoms with Crippen LogP contribution in [-0.2, 0) is 10.8 Å². The van der Waals surface area contributed by atoms with E-state index < -0.39 is 0 Å². The molecular weight excluding hydrogens is 328 g/mol. The second-order valence-corrected chi connectivity index (χ2v) is 9.13. The highest BCUT2D eigenvalue weighted by molar-refractivity contribution is 5.78. The van der Waals surface area contributed by atoms with Gasteiger partial charge in [-0.05, 0) is 63.6 Å². The van der Waals surface area contributed by atoms with Gasteiger partial charge in [-0.25, -0.2) is 0 Å². The van der Waals surface area contributed by atoms with Crippen molar-refractivity contribution in [1.29, 1.82) is 0 Å². The molecule has 0 aromatic heterocycles. The van der Waals surface area contributed by atoms with E-state index in [0.717, 1.165) is 22.3 Å². The fraction of sp³-hybridized carbons (Fsp3) is 0.308. The minimum absolute atomic E-state index is 0.160. The van der Waals surface area contributed by atoms with Gasteiger partial charge in [-0.2, -0.15) is 0 Å². The van der Waals surface area contributed by atoms with Crippen LogP contribution in [0.3, 0.4) is 0 Å². The van der Waals surface area contributed by atoms with Crippen molar-refractivity contribution in [2.24, 2.45) is 0 Å². The lowest BCUT2D eigenvalue weighted by Crippen LogP contribution is -2.33. The first-order chi connectivity index (χ1) is 12.8. The molecule has 4 rings (SSSR count). The molecule has 0 unspecified atom stereocenters. The molecule has 0 fully saturated rings. The van der Waals surface area contributed by atoms with Crippen molar-refractivity contribution in [3.63, 3.8) is 0 Å². The predicted molar refractivity (Wildman–Crippen MR) is 114 cm³/mol. The van der Waals surface area contributed by atoms with E-state index >= 15 is 0 Å². The van der Waals surface area contributed by atoms with Gasteiger partial charge in [-0.1, -0.05) is 82.3 Å². The molecule has 3 aromatic rings. The molecule has 0 aliphatic heterocycles. The molecule has 0 saturated heterocycles. The first-order valence-electron chi connectivity index (χ1n) is 9.82. The van der Waals surface area contributed by atoms with E-state index in [1.54, 1.807) is 0 Å². The van der Waals surface area contributed by atoms with Crippen LogP contribution in [0.2, 0.25) is 0 Å². The molecule has 0 amide bonds. The minimum Gasteiger partial charge on any atom is -0.507 e. The molecular formula is C26H28O. The van der Waals surface area contributed by atoms with Crippen molar-refractivity contribution < 1.29 is 5.11 Å². The number of phenolic OH excluding ortho intramolecular Hbond substituents is 1. The van der Waals surface area contributed by atoms with Crippen molar-refractivity contribution in [3.8, 4) is 28.0 Å². The average molecular weight is 357 g/mol. The number of hydrogen-bond acceptors (Lipinski definition) is 1. The average Bonchev–Trinajstić information content (AvgIpc) is 2.66. The Labute approximate surface area is 162 Å². The van der Waals surface area contributed by atoms with E-state index in [1.165, 1.54) is 24.0 Å². The van der Waals surface area contributed by atoms with Crippen LogP contribution < -0.4 is 0 Å². The molecule has 1 nitrogen and oxygen atoms in total. The predicted octanol–water partition coefficient (Wildman–Crippen LogP) is 7.08. The van der Waals surface area contributed by atoms with Gasteiger partial charge < -0.3 is 5.11 Å². The second-order valence-electron chi connectivity index (χ2n) is 9.13. The molecule has 3 aromatic carbocycles. The fourth-order valence-electron chi connectivity index (χ4n) is 4.33. The zero-order valence-electron chi connectivity index (χ0n) is 16.7. The van der Waals surface area contributed by atoms with Crippen LogP contribution in [0.1, 0.15) is 51.7 Å². The van der Waals surface area contributed by atoms with E-state index in [0.29, 0.717) is 5.75 Å². The highest BCUT2D eigenvalue weighted by Gasteiger charge is 2.37.